The summed E-state index contributed by atoms with van der Waals surface area (Å²) in [5.41, 5.74) is 9.78. The zero-order valence-corrected chi connectivity index (χ0v) is 12.1. The summed E-state index contributed by atoms with van der Waals surface area (Å²) < 4.78 is 13.0. The van der Waals surface area contributed by atoms with Crippen molar-refractivity contribution in [3.63, 3.8) is 0 Å². The topological polar surface area (TPSA) is 29.3 Å². The van der Waals surface area contributed by atoms with Crippen molar-refractivity contribution in [3.8, 4) is 0 Å². The Labute approximate surface area is 125 Å². The number of fused-ring (bicyclic) bond motifs is 1. The number of hydrogen-bond donors (Lipinski definition) is 1. The first-order chi connectivity index (χ1) is 10.3. The van der Waals surface area contributed by atoms with E-state index in [4.69, 9.17) is 5.73 Å². The Morgan fingerprint density at radius 2 is 1.76 bits per heavy atom. The molecule has 2 N–H and O–H groups in total. The first-order valence-electron chi connectivity index (χ1n) is 7.51. The molecule has 3 rings (SSSR count). The van der Waals surface area contributed by atoms with Crippen molar-refractivity contribution in [1.29, 1.82) is 0 Å². The maximum absolute atomic E-state index is 13.0. The van der Waals surface area contributed by atoms with Crippen LogP contribution in [0.4, 0.5) is 4.39 Å². The molecule has 2 nitrogen and oxygen atoms in total. The van der Waals surface area contributed by atoms with Gasteiger partial charge >= 0.3 is 0 Å². The van der Waals surface area contributed by atoms with Crippen molar-refractivity contribution in [2.75, 3.05) is 13.1 Å². The van der Waals surface area contributed by atoms with Crippen LogP contribution in [-0.2, 0) is 19.4 Å². The van der Waals surface area contributed by atoms with Gasteiger partial charge in [-0.05, 0) is 41.7 Å². The lowest BCUT2D eigenvalue weighted by Gasteiger charge is -2.37. The molecule has 0 spiro atoms. The van der Waals surface area contributed by atoms with Crippen molar-refractivity contribution in [1.82, 2.24) is 4.90 Å². The first kappa shape index (κ1) is 14.2. The summed E-state index contributed by atoms with van der Waals surface area (Å²) in [5.74, 6) is -0.174. The Bertz CT molecular complexity index is 594. The van der Waals surface area contributed by atoms with Crippen LogP contribution in [0.3, 0.4) is 0 Å². The van der Waals surface area contributed by atoms with Crippen LogP contribution in [-0.4, -0.2) is 24.0 Å². The minimum atomic E-state index is -0.174. The summed E-state index contributed by atoms with van der Waals surface area (Å²) in [5, 5.41) is 0. The minimum Gasteiger partial charge on any atom is -0.329 e. The quantitative estimate of drug-likeness (QED) is 0.935. The largest absolute Gasteiger partial charge is 0.329 e. The third kappa shape index (κ3) is 3.31. The second-order valence-corrected chi connectivity index (χ2v) is 5.72. The van der Waals surface area contributed by atoms with Crippen LogP contribution in [0.2, 0.25) is 0 Å². The van der Waals surface area contributed by atoms with Gasteiger partial charge in [0, 0.05) is 25.7 Å². The molecule has 1 atom stereocenters. The van der Waals surface area contributed by atoms with Gasteiger partial charge in [-0.15, -0.1) is 0 Å². The molecule has 0 amide bonds. The minimum absolute atomic E-state index is 0.174. The maximum Gasteiger partial charge on any atom is 0.123 e. The number of nitrogens with two attached hydrogens (primary N) is 1. The number of benzene rings is 2. The maximum atomic E-state index is 13.0. The second-order valence-electron chi connectivity index (χ2n) is 5.72. The smallest absolute Gasteiger partial charge is 0.123 e. The monoisotopic (exact) mass is 284 g/mol. The van der Waals surface area contributed by atoms with E-state index in [2.05, 4.69) is 29.2 Å². The highest BCUT2D eigenvalue weighted by Crippen LogP contribution is 2.25. The molecule has 0 saturated heterocycles. The van der Waals surface area contributed by atoms with E-state index in [1.807, 2.05) is 12.1 Å². The molecule has 2 aromatic rings. The predicted octanol–water partition coefficient (Wildman–Crippen LogP) is 2.75. The van der Waals surface area contributed by atoms with Crippen LogP contribution in [0.1, 0.15) is 16.7 Å². The summed E-state index contributed by atoms with van der Waals surface area (Å²) in [4.78, 5) is 2.45. The van der Waals surface area contributed by atoms with Gasteiger partial charge in [0.05, 0.1) is 0 Å². The molecule has 3 heteroatoms. The van der Waals surface area contributed by atoms with Crippen molar-refractivity contribution in [2.45, 2.75) is 25.4 Å². The van der Waals surface area contributed by atoms with Gasteiger partial charge < -0.3 is 5.73 Å². The van der Waals surface area contributed by atoms with Crippen molar-refractivity contribution in [3.05, 3.63) is 71.0 Å². The van der Waals surface area contributed by atoms with E-state index in [0.29, 0.717) is 12.6 Å². The molecule has 0 aliphatic carbocycles. The summed E-state index contributed by atoms with van der Waals surface area (Å²) in [6.45, 7) is 2.53. The fourth-order valence-electron chi connectivity index (χ4n) is 3.16. The highest BCUT2D eigenvalue weighted by molar-refractivity contribution is 5.31. The lowest BCUT2D eigenvalue weighted by Crippen LogP contribution is -2.44. The number of hydrogen-bond acceptors (Lipinski definition) is 2. The van der Waals surface area contributed by atoms with Gasteiger partial charge in [-0.1, -0.05) is 36.4 Å². The van der Waals surface area contributed by atoms with E-state index in [-0.39, 0.29) is 5.82 Å². The molecule has 21 heavy (non-hydrogen) atoms. The van der Waals surface area contributed by atoms with Crippen LogP contribution < -0.4 is 5.73 Å². The summed E-state index contributed by atoms with van der Waals surface area (Å²) in [6.07, 6.45) is 1.97. The number of halogens is 1. The van der Waals surface area contributed by atoms with E-state index < -0.39 is 0 Å². The second kappa shape index (κ2) is 6.37. The number of nitrogens with zero attached hydrogens (tertiary/aromatic N) is 1. The fraction of sp³-hybridized carbons (Fsp3) is 0.333. The standard InChI is InChI=1S/C18H21FN2/c19-17-7-5-14(6-8-17)11-18-12-15-3-1-2-4-16(15)13-21(18)10-9-20/h1-8,18H,9-13,20H2. The molecule has 1 aliphatic heterocycles. The molecule has 0 fully saturated rings. The van der Waals surface area contributed by atoms with Crippen LogP contribution in [0.25, 0.3) is 0 Å². The van der Waals surface area contributed by atoms with Gasteiger partial charge in [-0.3, -0.25) is 4.90 Å². The van der Waals surface area contributed by atoms with Gasteiger partial charge in [0.2, 0.25) is 0 Å². The van der Waals surface area contributed by atoms with Crippen molar-refractivity contribution >= 4 is 0 Å². The lowest BCUT2D eigenvalue weighted by atomic mass is 9.90. The Morgan fingerprint density at radius 3 is 2.48 bits per heavy atom. The molecule has 2 aromatic carbocycles. The SMILES string of the molecule is NCCN1Cc2ccccc2CC1Cc1ccc(F)cc1. The van der Waals surface area contributed by atoms with E-state index >= 15 is 0 Å². The van der Waals surface area contributed by atoms with Crippen LogP contribution >= 0.6 is 0 Å². The summed E-state index contributed by atoms with van der Waals surface area (Å²) in [7, 11) is 0. The molecule has 1 aliphatic rings. The van der Waals surface area contributed by atoms with Crippen molar-refractivity contribution in [2.24, 2.45) is 5.73 Å². The fourth-order valence-corrected chi connectivity index (χ4v) is 3.16. The third-order valence-electron chi connectivity index (χ3n) is 4.26. The van der Waals surface area contributed by atoms with Crippen molar-refractivity contribution < 1.29 is 4.39 Å². The normalized spacial score (nSPS) is 18.5. The van der Waals surface area contributed by atoms with E-state index in [1.165, 1.54) is 16.7 Å². The molecule has 110 valence electrons. The summed E-state index contributed by atoms with van der Waals surface area (Å²) >= 11 is 0. The Balaban J connectivity index is 1.80. The lowest BCUT2D eigenvalue weighted by molar-refractivity contribution is 0.175. The molecule has 1 heterocycles. The molecule has 1 unspecified atom stereocenters. The average Bonchev–Trinajstić information content (AvgIpc) is 2.50. The Morgan fingerprint density at radius 1 is 1.05 bits per heavy atom. The third-order valence-corrected chi connectivity index (χ3v) is 4.26. The van der Waals surface area contributed by atoms with E-state index in [9.17, 15) is 4.39 Å². The van der Waals surface area contributed by atoms with Crippen LogP contribution in [0, 0.1) is 5.82 Å². The number of rotatable bonds is 4. The van der Waals surface area contributed by atoms with Gasteiger partial charge in [0.1, 0.15) is 5.82 Å². The van der Waals surface area contributed by atoms with E-state index in [1.54, 1.807) is 12.1 Å². The van der Waals surface area contributed by atoms with Gasteiger partial charge in [-0.25, -0.2) is 4.39 Å². The van der Waals surface area contributed by atoms with Crippen LogP contribution in [0.5, 0.6) is 0 Å². The molecule has 0 radical (unpaired) electrons. The molecule has 0 saturated carbocycles. The van der Waals surface area contributed by atoms with Gasteiger partial charge in [0.25, 0.3) is 0 Å². The Hall–Kier alpha value is -1.71. The highest BCUT2D eigenvalue weighted by Gasteiger charge is 2.25. The highest BCUT2D eigenvalue weighted by atomic mass is 19.1. The molecule has 0 aromatic heterocycles. The summed E-state index contributed by atoms with van der Waals surface area (Å²) in [6, 6.07) is 15.9. The average molecular weight is 284 g/mol. The first-order valence-corrected chi connectivity index (χ1v) is 7.51. The Kier molecular flexibility index (Phi) is 4.32. The predicted molar refractivity (Wildman–Crippen MR) is 83.5 cm³/mol. The molecular weight excluding hydrogens is 263 g/mol. The molecule has 0 bridgehead atoms. The van der Waals surface area contributed by atoms with Gasteiger partial charge in [-0.2, -0.15) is 0 Å². The van der Waals surface area contributed by atoms with Crippen LogP contribution in [0.15, 0.2) is 48.5 Å². The van der Waals surface area contributed by atoms with E-state index in [0.717, 1.165) is 25.9 Å². The zero-order chi connectivity index (χ0) is 14.7. The zero-order valence-electron chi connectivity index (χ0n) is 12.1. The van der Waals surface area contributed by atoms with Gasteiger partial charge in [0.15, 0.2) is 0 Å². The molecular formula is C18H21FN2.